The summed E-state index contributed by atoms with van der Waals surface area (Å²) in [6.07, 6.45) is 0.493. The van der Waals surface area contributed by atoms with Crippen molar-refractivity contribution in [2.45, 2.75) is 18.2 Å². The topological polar surface area (TPSA) is 134 Å². The lowest BCUT2D eigenvalue weighted by Gasteiger charge is -2.23. The van der Waals surface area contributed by atoms with Crippen LogP contribution in [-0.4, -0.2) is 57.0 Å². The van der Waals surface area contributed by atoms with Gasteiger partial charge in [-0.15, -0.1) is 0 Å². The Morgan fingerprint density at radius 3 is 2.51 bits per heavy atom. The summed E-state index contributed by atoms with van der Waals surface area (Å²) in [4.78, 5) is 9.30. The average molecular weight is 688 g/mol. The quantitative estimate of drug-likeness (QED) is 0.0425. The number of hydrogen-bond acceptors (Lipinski definition) is 7. The minimum absolute atomic E-state index is 0.205. The van der Waals surface area contributed by atoms with Gasteiger partial charge in [0.05, 0.1) is 17.5 Å². The number of guanidine groups is 1. The number of halogens is 1. The van der Waals surface area contributed by atoms with E-state index in [0.717, 1.165) is 31.5 Å². The summed E-state index contributed by atoms with van der Waals surface area (Å²) in [5.74, 6) is 6.63. The maximum atomic E-state index is 13.7. The highest BCUT2D eigenvalue weighted by Crippen LogP contribution is 2.25. The Balaban J connectivity index is 1.48. The molecule has 41 heavy (non-hydrogen) atoms. The molecule has 0 atom stereocenters. The molecule has 4 aromatic rings. The minimum atomic E-state index is -3.77. The number of aromatic nitrogens is 1. The Morgan fingerprint density at radius 2 is 1.80 bits per heavy atom. The fourth-order valence-electron chi connectivity index (χ4n) is 4.26. The summed E-state index contributed by atoms with van der Waals surface area (Å²) in [6.45, 7) is 3.26. The van der Waals surface area contributed by atoms with Crippen molar-refractivity contribution in [1.82, 2.24) is 14.7 Å². The third-order valence-electron chi connectivity index (χ3n) is 6.28. The molecule has 10 nitrogen and oxygen atoms in total. The number of benzene rings is 3. The van der Waals surface area contributed by atoms with Crippen molar-refractivity contribution in [2.24, 2.45) is 10.8 Å². The van der Waals surface area contributed by atoms with Gasteiger partial charge < -0.3 is 15.4 Å². The second-order valence-electron chi connectivity index (χ2n) is 9.20. The van der Waals surface area contributed by atoms with Crippen LogP contribution < -0.4 is 26.6 Å². The van der Waals surface area contributed by atoms with Crippen molar-refractivity contribution >= 4 is 60.9 Å². The number of pyridine rings is 1. The highest BCUT2D eigenvalue weighted by molar-refractivity contribution is 14.1. The van der Waals surface area contributed by atoms with E-state index in [1.54, 1.807) is 31.4 Å². The average Bonchev–Trinajstić information content (AvgIpc) is 2.98. The van der Waals surface area contributed by atoms with Crippen LogP contribution in [0.15, 0.2) is 88.8 Å². The summed E-state index contributed by atoms with van der Waals surface area (Å²) < 4.78 is 35.1. The molecule has 0 aliphatic heterocycles. The van der Waals surface area contributed by atoms with E-state index in [1.807, 2.05) is 55.5 Å². The molecule has 216 valence electrons. The molecule has 1 heterocycles. The monoisotopic (exact) mass is 687 g/mol. The van der Waals surface area contributed by atoms with E-state index in [2.05, 4.69) is 54.7 Å². The summed E-state index contributed by atoms with van der Waals surface area (Å²) in [5, 5.41) is 7.55. The van der Waals surface area contributed by atoms with Crippen LogP contribution >= 0.6 is 22.6 Å². The van der Waals surface area contributed by atoms with Gasteiger partial charge in [0.1, 0.15) is 5.75 Å². The van der Waals surface area contributed by atoms with Crippen LogP contribution in [0.3, 0.4) is 0 Å². The van der Waals surface area contributed by atoms with E-state index in [4.69, 9.17) is 10.6 Å². The Kier molecular flexibility index (Phi) is 10.7. The van der Waals surface area contributed by atoms with Crippen molar-refractivity contribution in [2.75, 3.05) is 43.9 Å². The van der Waals surface area contributed by atoms with Gasteiger partial charge in [-0.3, -0.25) is 15.4 Å². The molecule has 0 amide bonds. The van der Waals surface area contributed by atoms with Crippen LogP contribution in [0.25, 0.3) is 10.9 Å². The lowest BCUT2D eigenvalue weighted by atomic mass is 10.1. The number of hydrazine groups is 1. The molecule has 3 aromatic carbocycles. The number of fused-ring (bicyclic) bond motifs is 1. The second kappa shape index (κ2) is 14.4. The number of ether oxygens (including phenoxy) is 1. The number of nitrogens with one attached hydrogen (secondary N) is 3. The van der Waals surface area contributed by atoms with E-state index in [9.17, 15) is 8.42 Å². The molecule has 0 spiro atoms. The molecule has 4 rings (SSSR count). The van der Waals surface area contributed by atoms with E-state index in [0.29, 0.717) is 31.2 Å². The summed E-state index contributed by atoms with van der Waals surface area (Å²) in [5.41, 5.74) is 6.10. The van der Waals surface area contributed by atoms with Crippen LogP contribution in [0.4, 0.5) is 11.4 Å². The zero-order valence-corrected chi connectivity index (χ0v) is 25.9. The van der Waals surface area contributed by atoms with Gasteiger partial charge in [0.15, 0.2) is 0 Å². The number of para-hydroxylation sites is 1. The fraction of sp³-hybridized carbons (Fsp3) is 0.241. The van der Waals surface area contributed by atoms with Gasteiger partial charge in [-0.1, -0.05) is 18.2 Å². The number of anilines is 2. The molecule has 0 saturated heterocycles. The Hall–Kier alpha value is -3.46. The third-order valence-corrected chi connectivity index (χ3v) is 8.87. The molecule has 0 radical (unpaired) electrons. The first-order valence-electron chi connectivity index (χ1n) is 13.1. The van der Waals surface area contributed by atoms with Crippen LogP contribution in [0, 0.1) is 10.5 Å². The number of aryl methyl sites for hydroxylation is 1. The van der Waals surface area contributed by atoms with Gasteiger partial charge in [-0.2, -0.15) is 4.31 Å². The van der Waals surface area contributed by atoms with E-state index < -0.39 is 10.0 Å². The molecule has 0 unspecified atom stereocenters. The summed E-state index contributed by atoms with van der Waals surface area (Å²) >= 11 is 2.28. The van der Waals surface area contributed by atoms with Crippen molar-refractivity contribution < 1.29 is 13.2 Å². The number of aliphatic imine (C=N–C) groups is 1. The maximum absolute atomic E-state index is 13.7. The number of nitrogens with two attached hydrogens (primary N) is 1. The van der Waals surface area contributed by atoms with Gasteiger partial charge in [-0.25, -0.2) is 14.3 Å². The molecular formula is C29H34IN7O3S. The Morgan fingerprint density at radius 1 is 1.05 bits per heavy atom. The zero-order chi connectivity index (χ0) is 29.2. The van der Waals surface area contributed by atoms with E-state index in [1.165, 1.54) is 4.31 Å². The molecule has 0 saturated carbocycles. The maximum Gasteiger partial charge on any atom is 0.243 e. The van der Waals surface area contributed by atoms with Crippen LogP contribution in [0.5, 0.6) is 5.75 Å². The number of nitrogens with zero attached hydrogens (tertiary/aromatic N) is 3. The Bertz CT molecular complexity index is 1580. The van der Waals surface area contributed by atoms with Crippen LogP contribution in [0.1, 0.15) is 12.1 Å². The van der Waals surface area contributed by atoms with Crippen molar-refractivity contribution in [3.05, 3.63) is 88.1 Å². The Labute approximate surface area is 254 Å². The lowest BCUT2D eigenvalue weighted by molar-refractivity contribution is 0.412. The minimum Gasteiger partial charge on any atom is -0.497 e. The molecule has 1 aromatic heterocycles. The van der Waals surface area contributed by atoms with Crippen molar-refractivity contribution in [1.29, 1.82) is 0 Å². The third kappa shape index (κ3) is 8.28. The lowest BCUT2D eigenvalue weighted by Crippen LogP contribution is -2.37. The highest BCUT2D eigenvalue weighted by Gasteiger charge is 2.24. The van der Waals surface area contributed by atoms with E-state index in [-0.39, 0.29) is 18.0 Å². The molecule has 0 fully saturated rings. The normalized spacial score (nSPS) is 12.0. The fourth-order valence-corrected chi connectivity index (χ4v) is 6.23. The smallest absolute Gasteiger partial charge is 0.243 e. The summed E-state index contributed by atoms with van der Waals surface area (Å²) in [7, 11) is -2.23. The SMILES string of the molecule is COc1ccc(S(=O)(=O)N(CCCN=C(NN)Nc2ccccc2)CCNc2cc(C)nc3ccc(I)cc23)cc1. The van der Waals surface area contributed by atoms with Gasteiger partial charge in [-0.05, 0) is 96.6 Å². The first-order valence-corrected chi connectivity index (χ1v) is 15.6. The highest BCUT2D eigenvalue weighted by atomic mass is 127. The molecule has 0 bridgehead atoms. The van der Waals surface area contributed by atoms with Crippen molar-refractivity contribution in [3.8, 4) is 5.75 Å². The molecule has 0 aliphatic rings. The van der Waals surface area contributed by atoms with Gasteiger partial charge in [0.25, 0.3) is 0 Å². The molecule has 0 aliphatic carbocycles. The largest absolute Gasteiger partial charge is 0.497 e. The standard InChI is InChI=1S/C29H34IN7O3S/c1-21-19-28(26-20-22(30)9-14-27(26)34-21)32-16-18-37(41(38,39)25-12-10-24(40-2)11-13-25)17-6-15-33-29(36-31)35-23-7-4-3-5-8-23/h3-5,7-14,19-20H,6,15-18,31H2,1-2H3,(H,32,34)(H2,33,35,36). The van der Waals surface area contributed by atoms with Gasteiger partial charge in [0, 0.05) is 52.2 Å². The first-order chi connectivity index (χ1) is 19.8. The molecular weight excluding hydrogens is 653 g/mol. The number of methoxy groups -OCH3 is 1. The van der Waals surface area contributed by atoms with Gasteiger partial charge in [0.2, 0.25) is 16.0 Å². The van der Waals surface area contributed by atoms with Crippen LogP contribution in [0.2, 0.25) is 0 Å². The molecule has 12 heteroatoms. The number of sulfonamides is 1. The molecule has 5 N–H and O–H groups in total. The predicted molar refractivity (Wildman–Crippen MR) is 174 cm³/mol. The number of rotatable bonds is 12. The van der Waals surface area contributed by atoms with Crippen molar-refractivity contribution in [3.63, 3.8) is 0 Å². The zero-order valence-electron chi connectivity index (χ0n) is 23.0. The first kappa shape index (κ1) is 30.5. The van der Waals surface area contributed by atoms with Gasteiger partial charge >= 0.3 is 0 Å². The van der Waals surface area contributed by atoms with E-state index >= 15 is 0 Å². The van der Waals surface area contributed by atoms with Crippen LogP contribution in [-0.2, 0) is 10.0 Å². The second-order valence-corrected chi connectivity index (χ2v) is 12.4. The predicted octanol–water partition coefficient (Wildman–Crippen LogP) is 4.58. The summed E-state index contributed by atoms with van der Waals surface area (Å²) in [6, 6.07) is 24.0. The number of hydrogen-bond donors (Lipinski definition) is 4.